The Morgan fingerprint density at radius 1 is 0.844 bits per heavy atom. The third kappa shape index (κ3) is 8.80. The summed E-state index contributed by atoms with van der Waals surface area (Å²) in [5, 5.41) is 10.7. The van der Waals surface area contributed by atoms with Crippen LogP contribution in [0, 0.1) is 5.92 Å². The van der Waals surface area contributed by atoms with Crippen molar-refractivity contribution < 1.29 is 28.8 Å². The molecular weight excluding hydrogens is 576 g/mol. The molecule has 0 aromatic heterocycles. The van der Waals surface area contributed by atoms with Crippen LogP contribution in [0.5, 0.6) is 0 Å². The lowest BCUT2D eigenvalue weighted by atomic mass is 9.98. The molecule has 0 heterocycles. The maximum absolute atomic E-state index is 13.5. The lowest BCUT2D eigenvalue weighted by Gasteiger charge is -2.25. The molecule has 5 amide bonds. The molecule has 1 aliphatic carbocycles. The Balaban J connectivity index is 1.39. The molecule has 0 spiro atoms. The van der Waals surface area contributed by atoms with Gasteiger partial charge >= 0.3 is 12.1 Å². The molecule has 45 heavy (non-hydrogen) atoms. The average Bonchev–Trinajstić information content (AvgIpc) is 3.34. The van der Waals surface area contributed by atoms with Crippen LogP contribution in [0.3, 0.4) is 0 Å². The second-order valence-electron chi connectivity index (χ2n) is 11.2. The smallest absolute Gasteiger partial charge is 0.407 e. The number of hydrogen-bond acceptors (Lipinski definition) is 7. The zero-order valence-corrected chi connectivity index (χ0v) is 25.4. The standard InChI is InChI=1S/C33H40N6O6/c1-20(2)29(39-33(43)44-19-27-25-10-5-3-8-23(25)24-9-4-6-11-26(24)27)31(41)38-28(12-7-17-36-32(34)42)30(40)37-22-15-13-21(14-16-22)18-45-35/h3-6,8-11,13-16,20,27-29H,7,12,17-19,35H2,1-2H3,(H,37,40)(H,38,41)(H,39,43)(H3,34,36,42)/t28-,29-/m0/s1. The van der Waals surface area contributed by atoms with Gasteiger partial charge in [-0.15, -0.1) is 0 Å². The van der Waals surface area contributed by atoms with Crippen molar-refractivity contribution in [3.8, 4) is 11.1 Å². The monoisotopic (exact) mass is 616 g/mol. The summed E-state index contributed by atoms with van der Waals surface area (Å²) in [7, 11) is 0. The Hall–Kier alpha value is -4.94. The number of hydrogen-bond donors (Lipinski definition) is 6. The van der Waals surface area contributed by atoms with E-state index in [1.165, 1.54) is 0 Å². The quantitative estimate of drug-likeness (QED) is 0.118. The first kappa shape index (κ1) is 33.0. The minimum atomic E-state index is -0.977. The maximum atomic E-state index is 13.5. The molecule has 12 heteroatoms. The molecule has 4 rings (SSSR count). The number of benzene rings is 3. The Kier molecular flexibility index (Phi) is 11.5. The number of primary amides is 1. The highest BCUT2D eigenvalue weighted by Gasteiger charge is 2.32. The summed E-state index contributed by atoms with van der Waals surface area (Å²) in [6, 6.07) is 20.3. The number of amides is 5. The van der Waals surface area contributed by atoms with E-state index in [0.717, 1.165) is 27.8 Å². The van der Waals surface area contributed by atoms with Crippen LogP contribution in [-0.2, 0) is 25.8 Å². The summed E-state index contributed by atoms with van der Waals surface area (Å²) in [4.78, 5) is 55.4. The highest BCUT2D eigenvalue weighted by Crippen LogP contribution is 2.44. The third-order valence-electron chi connectivity index (χ3n) is 7.64. The number of rotatable bonds is 14. The highest BCUT2D eigenvalue weighted by molar-refractivity contribution is 5.98. The Morgan fingerprint density at radius 3 is 2.04 bits per heavy atom. The molecule has 0 saturated heterocycles. The summed E-state index contributed by atoms with van der Waals surface area (Å²) in [5.74, 6) is 3.66. The largest absolute Gasteiger partial charge is 0.449 e. The Morgan fingerprint density at radius 2 is 1.47 bits per heavy atom. The van der Waals surface area contributed by atoms with E-state index in [1.807, 2.05) is 36.4 Å². The molecule has 3 aromatic rings. The number of carbonyl (C=O) groups excluding carboxylic acids is 4. The van der Waals surface area contributed by atoms with Crippen LogP contribution >= 0.6 is 0 Å². The molecule has 8 N–H and O–H groups in total. The van der Waals surface area contributed by atoms with E-state index in [-0.39, 0.29) is 38.0 Å². The summed E-state index contributed by atoms with van der Waals surface area (Å²) in [6.45, 7) is 4.10. The van der Waals surface area contributed by atoms with Crippen molar-refractivity contribution in [3.63, 3.8) is 0 Å². The number of carbonyl (C=O) groups is 4. The van der Waals surface area contributed by atoms with Crippen molar-refractivity contribution in [2.24, 2.45) is 17.5 Å². The SMILES string of the molecule is CC(C)[C@H](NC(=O)OCC1c2ccccc2-c2ccccc21)C(=O)N[C@@H](CCCNC(N)=O)C(=O)Nc1ccc(CON)cc1. The number of ether oxygens (including phenoxy) is 1. The number of fused-ring (bicyclic) bond motifs is 3. The average molecular weight is 617 g/mol. The van der Waals surface area contributed by atoms with Gasteiger partial charge in [0.25, 0.3) is 0 Å². The van der Waals surface area contributed by atoms with Gasteiger partial charge in [0, 0.05) is 18.2 Å². The Bertz CT molecular complexity index is 1450. The molecule has 238 valence electrons. The number of alkyl carbamates (subject to hydrolysis) is 1. The third-order valence-corrected chi connectivity index (χ3v) is 7.64. The molecular formula is C33H40N6O6. The van der Waals surface area contributed by atoms with Crippen molar-refractivity contribution in [2.45, 2.75) is 51.3 Å². The predicted octanol–water partition coefficient (Wildman–Crippen LogP) is 3.51. The zero-order valence-electron chi connectivity index (χ0n) is 25.4. The molecule has 0 saturated carbocycles. The number of anilines is 1. The summed E-state index contributed by atoms with van der Waals surface area (Å²) < 4.78 is 5.65. The van der Waals surface area contributed by atoms with E-state index < -0.39 is 36.0 Å². The lowest BCUT2D eigenvalue weighted by Crippen LogP contribution is -2.54. The first-order valence-corrected chi connectivity index (χ1v) is 14.8. The maximum Gasteiger partial charge on any atom is 0.407 e. The van der Waals surface area contributed by atoms with Crippen molar-refractivity contribution in [3.05, 3.63) is 89.5 Å². The number of nitrogens with two attached hydrogens (primary N) is 2. The van der Waals surface area contributed by atoms with Crippen molar-refractivity contribution >= 4 is 29.6 Å². The number of urea groups is 1. The van der Waals surface area contributed by atoms with Crippen molar-refractivity contribution in [2.75, 3.05) is 18.5 Å². The molecule has 12 nitrogen and oxygen atoms in total. The summed E-state index contributed by atoms with van der Waals surface area (Å²) in [6.07, 6.45) is -0.175. The Labute approximate surface area is 262 Å². The molecule has 0 bridgehead atoms. The van der Waals surface area contributed by atoms with Gasteiger partial charge in [0.15, 0.2) is 0 Å². The predicted molar refractivity (Wildman–Crippen MR) is 170 cm³/mol. The normalized spacial score (nSPS) is 13.2. The molecule has 1 aliphatic rings. The van der Waals surface area contributed by atoms with Crippen LogP contribution in [0.4, 0.5) is 15.3 Å². The van der Waals surface area contributed by atoms with Crippen LogP contribution in [0.1, 0.15) is 49.3 Å². The fraction of sp³-hybridized carbons (Fsp3) is 0.333. The van der Waals surface area contributed by atoms with Gasteiger partial charge in [-0.1, -0.05) is 74.5 Å². The molecule has 0 fully saturated rings. The van der Waals surface area contributed by atoms with E-state index in [2.05, 4.69) is 38.2 Å². The van der Waals surface area contributed by atoms with Gasteiger partial charge in [-0.25, -0.2) is 15.5 Å². The first-order valence-electron chi connectivity index (χ1n) is 14.8. The van der Waals surface area contributed by atoms with Gasteiger partial charge in [-0.3, -0.25) is 14.4 Å². The van der Waals surface area contributed by atoms with Crippen molar-refractivity contribution in [1.82, 2.24) is 16.0 Å². The van der Waals surface area contributed by atoms with Gasteiger partial charge in [0.1, 0.15) is 18.7 Å². The van der Waals surface area contributed by atoms with Gasteiger partial charge in [0.2, 0.25) is 11.8 Å². The van der Waals surface area contributed by atoms with E-state index in [9.17, 15) is 19.2 Å². The topological polar surface area (TPSA) is 187 Å². The van der Waals surface area contributed by atoms with E-state index in [0.29, 0.717) is 12.1 Å². The van der Waals surface area contributed by atoms with Gasteiger partial charge < -0.3 is 31.7 Å². The van der Waals surface area contributed by atoms with E-state index in [1.54, 1.807) is 38.1 Å². The fourth-order valence-corrected chi connectivity index (χ4v) is 5.36. The zero-order chi connectivity index (χ0) is 32.3. The summed E-state index contributed by atoms with van der Waals surface area (Å²) in [5.41, 5.74) is 10.8. The number of nitrogens with one attached hydrogen (secondary N) is 4. The minimum Gasteiger partial charge on any atom is -0.449 e. The second kappa shape index (κ2) is 15.7. The van der Waals surface area contributed by atoms with Gasteiger partial charge in [0.05, 0.1) is 6.61 Å². The van der Waals surface area contributed by atoms with Gasteiger partial charge in [-0.05, 0) is 58.7 Å². The van der Waals surface area contributed by atoms with E-state index in [4.69, 9.17) is 16.4 Å². The van der Waals surface area contributed by atoms with Crippen molar-refractivity contribution in [1.29, 1.82) is 0 Å². The van der Waals surface area contributed by atoms with Crippen LogP contribution in [0.2, 0.25) is 0 Å². The van der Waals surface area contributed by atoms with Crippen LogP contribution in [-0.4, -0.2) is 49.2 Å². The summed E-state index contributed by atoms with van der Waals surface area (Å²) >= 11 is 0. The second-order valence-corrected chi connectivity index (χ2v) is 11.2. The molecule has 0 unspecified atom stereocenters. The molecule has 0 radical (unpaired) electrons. The van der Waals surface area contributed by atoms with Gasteiger partial charge in [-0.2, -0.15) is 0 Å². The van der Waals surface area contributed by atoms with Crippen LogP contribution < -0.4 is 32.9 Å². The van der Waals surface area contributed by atoms with E-state index >= 15 is 0 Å². The first-order chi connectivity index (χ1) is 21.7. The minimum absolute atomic E-state index is 0.0976. The molecule has 2 atom stereocenters. The van der Waals surface area contributed by atoms with Crippen LogP contribution in [0.25, 0.3) is 11.1 Å². The highest BCUT2D eigenvalue weighted by atomic mass is 16.6. The molecule has 3 aromatic carbocycles. The van der Waals surface area contributed by atoms with Crippen LogP contribution in [0.15, 0.2) is 72.8 Å². The lowest BCUT2D eigenvalue weighted by molar-refractivity contribution is -0.128. The fourth-order valence-electron chi connectivity index (χ4n) is 5.36. The molecule has 0 aliphatic heterocycles.